The van der Waals surface area contributed by atoms with Crippen molar-refractivity contribution < 1.29 is 8.78 Å². The number of fused-ring (bicyclic) bond motifs is 1. The molecule has 0 aliphatic carbocycles. The molecule has 0 atom stereocenters. The molecule has 0 bridgehead atoms. The number of nitrogens with one attached hydrogen (secondary N) is 1. The van der Waals surface area contributed by atoms with Gasteiger partial charge in [0.15, 0.2) is 4.77 Å². The van der Waals surface area contributed by atoms with Crippen LogP contribution >= 0.6 is 23.8 Å². The fourth-order valence-corrected chi connectivity index (χ4v) is 2.53. The highest BCUT2D eigenvalue weighted by molar-refractivity contribution is 7.71. The lowest BCUT2D eigenvalue weighted by atomic mass is 10.2. The second kappa shape index (κ2) is 4.43. The van der Waals surface area contributed by atoms with Crippen LogP contribution < -0.4 is 0 Å². The Bertz CT molecular complexity index is 818. The molecule has 2 nitrogen and oxygen atoms in total. The summed E-state index contributed by atoms with van der Waals surface area (Å²) in [6.07, 6.45) is 0. The van der Waals surface area contributed by atoms with Crippen LogP contribution in [0.15, 0.2) is 36.4 Å². The fourth-order valence-electron chi connectivity index (χ4n) is 2.00. The fraction of sp³-hybridized carbons (Fsp3) is 0. The lowest BCUT2D eigenvalue weighted by molar-refractivity contribution is 0.626. The highest BCUT2D eigenvalue weighted by atomic mass is 35.5. The van der Waals surface area contributed by atoms with Crippen molar-refractivity contribution in [3.8, 4) is 5.69 Å². The monoisotopic (exact) mass is 296 g/mol. The van der Waals surface area contributed by atoms with E-state index in [0.29, 0.717) is 21.5 Å². The molecule has 0 saturated carbocycles. The lowest BCUT2D eigenvalue weighted by Crippen LogP contribution is -1.95. The summed E-state index contributed by atoms with van der Waals surface area (Å²) in [6.45, 7) is 0. The molecule has 0 aliphatic heterocycles. The molecule has 1 N–H and O–H groups in total. The van der Waals surface area contributed by atoms with E-state index >= 15 is 0 Å². The molecule has 1 aromatic heterocycles. The number of benzene rings is 2. The quantitative estimate of drug-likeness (QED) is 0.650. The van der Waals surface area contributed by atoms with Crippen LogP contribution in [0.4, 0.5) is 8.78 Å². The van der Waals surface area contributed by atoms with Crippen LogP contribution in [0.2, 0.25) is 5.02 Å². The molecule has 19 heavy (non-hydrogen) atoms. The molecular formula is C13H7ClF2N2S. The first-order valence-corrected chi connectivity index (χ1v) is 6.20. The first-order valence-electron chi connectivity index (χ1n) is 5.41. The Labute approximate surface area is 117 Å². The maximum absolute atomic E-state index is 13.4. The Morgan fingerprint density at radius 3 is 2.58 bits per heavy atom. The molecule has 0 aliphatic rings. The summed E-state index contributed by atoms with van der Waals surface area (Å²) in [5.74, 6) is -0.868. The summed E-state index contributed by atoms with van der Waals surface area (Å²) >= 11 is 11.0. The van der Waals surface area contributed by atoms with Gasteiger partial charge in [-0.2, -0.15) is 0 Å². The normalized spacial score (nSPS) is 11.1. The van der Waals surface area contributed by atoms with Crippen LogP contribution in [-0.4, -0.2) is 9.55 Å². The van der Waals surface area contributed by atoms with E-state index in [1.54, 1.807) is 16.7 Å². The molecule has 0 fully saturated rings. The second-order valence-electron chi connectivity index (χ2n) is 4.05. The zero-order valence-electron chi connectivity index (χ0n) is 9.45. The topological polar surface area (TPSA) is 20.7 Å². The van der Waals surface area contributed by atoms with Gasteiger partial charge in [-0.15, -0.1) is 0 Å². The van der Waals surface area contributed by atoms with Gasteiger partial charge in [0.05, 0.1) is 16.7 Å². The van der Waals surface area contributed by atoms with Gasteiger partial charge in [-0.05, 0) is 42.5 Å². The first-order chi connectivity index (χ1) is 9.04. The first kappa shape index (κ1) is 12.3. The van der Waals surface area contributed by atoms with E-state index in [1.807, 2.05) is 0 Å². The largest absolute Gasteiger partial charge is 0.330 e. The second-order valence-corrected chi connectivity index (χ2v) is 4.88. The number of rotatable bonds is 1. The predicted octanol–water partition coefficient (Wildman–Crippen LogP) is 4.62. The summed E-state index contributed by atoms with van der Waals surface area (Å²) in [5, 5.41) is 0.252. The third-order valence-electron chi connectivity index (χ3n) is 2.75. The molecule has 6 heteroatoms. The molecule has 96 valence electrons. The van der Waals surface area contributed by atoms with Crippen molar-refractivity contribution in [2.24, 2.45) is 0 Å². The Kier molecular flexibility index (Phi) is 2.88. The van der Waals surface area contributed by atoms with Gasteiger partial charge in [0.1, 0.15) is 11.6 Å². The van der Waals surface area contributed by atoms with Crippen molar-refractivity contribution in [2.75, 3.05) is 0 Å². The van der Waals surface area contributed by atoms with E-state index in [4.69, 9.17) is 23.8 Å². The summed E-state index contributed by atoms with van der Waals surface area (Å²) in [5.41, 5.74) is 1.66. The summed E-state index contributed by atoms with van der Waals surface area (Å²) in [6, 6.07) is 8.30. The Balaban J connectivity index is 2.38. The van der Waals surface area contributed by atoms with Crippen molar-refractivity contribution in [3.63, 3.8) is 0 Å². The number of nitrogens with zero attached hydrogens (tertiary/aromatic N) is 1. The summed E-state index contributed by atoms with van der Waals surface area (Å²) < 4.78 is 28.6. The summed E-state index contributed by atoms with van der Waals surface area (Å²) in [4.78, 5) is 2.94. The molecule has 0 saturated heterocycles. The van der Waals surface area contributed by atoms with Gasteiger partial charge in [0, 0.05) is 11.1 Å². The minimum atomic E-state index is -0.477. The number of H-pyrrole nitrogens is 1. The standard InChI is InChI=1S/C13H7ClF2N2S/c14-7-3-9(16)5-10(4-7)18-12-6-8(15)1-2-11(12)17-13(18)19/h1-6H,(H,17,19). The molecule has 1 heterocycles. The highest BCUT2D eigenvalue weighted by Crippen LogP contribution is 2.23. The zero-order valence-corrected chi connectivity index (χ0v) is 11.0. The van der Waals surface area contributed by atoms with Gasteiger partial charge in [0.25, 0.3) is 0 Å². The molecule has 0 unspecified atom stereocenters. The molecule has 0 spiro atoms. The average Bonchev–Trinajstić information content (AvgIpc) is 2.63. The van der Waals surface area contributed by atoms with E-state index in [9.17, 15) is 8.78 Å². The maximum atomic E-state index is 13.4. The summed E-state index contributed by atoms with van der Waals surface area (Å²) in [7, 11) is 0. The van der Waals surface area contributed by atoms with Crippen LogP contribution in [0.3, 0.4) is 0 Å². The third kappa shape index (κ3) is 2.15. The van der Waals surface area contributed by atoms with Crippen LogP contribution in [0.5, 0.6) is 0 Å². The number of halogens is 3. The van der Waals surface area contributed by atoms with E-state index in [2.05, 4.69) is 4.98 Å². The number of aromatic nitrogens is 2. The SMILES string of the molecule is Fc1cc(Cl)cc(-n2c(=S)[nH]c3ccc(F)cc32)c1. The zero-order chi connectivity index (χ0) is 13.6. The average molecular weight is 297 g/mol. The Hall–Kier alpha value is -1.72. The lowest BCUT2D eigenvalue weighted by Gasteiger charge is -2.05. The highest BCUT2D eigenvalue weighted by Gasteiger charge is 2.09. The van der Waals surface area contributed by atoms with Gasteiger partial charge >= 0.3 is 0 Å². The molecular weight excluding hydrogens is 290 g/mol. The Morgan fingerprint density at radius 1 is 1.05 bits per heavy atom. The van der Waals surface area contributed by atoms with Crippen molar-refractivity contribution >= 4 is 34.9 Å². The van der Waals surface area contributed by atoms with Crippen LogP contribution in [0.25, 0.3) is 16.7 Å². The number of aromatic amines is 1. The van der Waals surface area contributed by atoms with Gasteiger partial charge in [0.2, 0.25) is 0 Å². The van der Waals surface area contributed by atoms with E-state index in [0.717, 1.165) is 0 Å². The van der Waals surface area contributed by atoms with Gasteiger partial charge in [-0.3, -0.25) is 4.57 Å². The van der Waals surface area contributed by atoms with Crippen LogP contribution in [-0.2, 0) is 0 Å². The third-order valence-corrected chi connectivity index (χ3v) is 3.25. The Morgan fingerprint density at radius 2 is 1.84 bits per heavy atom. The minimum Gasteiger partial charge on any atom is -0.330 e. The van der Waals surface area contributed by atoms with Crippen molar-refractivity contribution in [1.82, 2.24) is 9.55 Å². The molecule has 3 aromatic rings. The maximum Gasteiger partial charge on any atom is 0.182 e. The molecule has 3 rings (SSSR count). The van der Waals surface area contributed by atoms with Crippen molar-refractivity contribution in [3.05, 3.63) is 57.8 Å². The van der Waals surface area contributed by atoms with Crippen LogP contribution in [0, 0.1) is 16.4 Å². The minimum absolute atomic E-state index is 0.252. The molecule has 0 radical (unpaired) electrons. The molecule has 2 aromatic carbocycles. The smallest absolute Gasteiger partial charge is 0.182 e. The van der Waals surface area contributed by atoms with Crippen molar-refractivity contribution in [1.29, 1.82) is 0 Å². The number of imidazole rings is 1. The molecule has 0 amide bonds. The van der Waals surface area contributed by atoms with Gasteiger partial charge in [-0.1, -0.05) is 11.6 Å². The number of hydrogen-bond donors (Lipinski definition) is 1. The van der Waals surface area contributed by atoms with Crippen LogP contribution in [0.1, 0.15) is 0 Å². The van der Waals surface area contributed by atoms with E-state index in [1.165, 1.54) is 24.3 Å². The number of hydrogen-bond acceptors (Lipinski definition) is 1. The predicted molar refractivity (Wildman–Crippen MR) is 73.4 cm³/mol. The van der Waals surface area contributed by atoms with Gasteiger partial charge in [-0.25, -0.2) is 8.78 Å². The van der Waals surface area contributed by atoms with E-state index < -0.39 is 11.6 Å². The van der Waals surface area contributed by atoms with Crippen molar-refractivity contribution in [2.45, 2.75) is 0 Å². The van der Waals surface area contributed by atoms with Gasteiger partial charge < -0.3 is 4.98 Å². The van der Waals surface area contributed by atoms with E-state index in [-0.39, 0.29) is 5.02 Å².